The summed E-state index contributed by atoms with van der Waals surface area (Å²) in [6.45, 7) is 7.14. The van der Waals surface area contributed by atoms with Crippen molar-refractivity contribution in [2.75, 3.05) is 6.54 Å². The Morgan fingerprint density at radius 3 is 2.76 bits per heavy atom. The topological polar surface area (TPSA) is 24.9 Å². The Labute approximate surface area is 126 Å². The molecule has 0 amide bonds. The minimum absolute atomic E-state index is 0.0911. The van der Waals surface area contributed by atoms with E-state index in [2.05, 4.69) is 49.3 Å². The SMILES string of the molecule is CCCNC(Cc1cc(C)ccc1C)c1ncccc1F. The van der Waals surface area contributed by atoms with Gasteiger partial charge in [0.25, 0.3) is 0 Å². The van der Waals surface area contributed by atoms with E-state index in [4.69, 9.17) is 0 Å². The fourth-order valence-electron chi connectivity index (χ4n) is 2.48. The summed E-state index contributed by atoms with van der Waals surface area (Å²) < 4.78 is 14.0. The van der Waals surface area contributed by atoms with E-state index >= 15 is 0 Å². The fourth-order valence-corrected chi connectivity index (χ4v) is 2.48. The van der Waals surface area contributed by atoms with E-state index in [9.17, 15) is 4.39 Å². The Morgan fingerprint density at radius 1 is 1.24 bits per heavy atom. The molecule has 0 radical (unpaired) electrons. The quantitative estimate of drug-likeness (QED) is 0.864. The predicted octanol–water partition coefficient (Wildman–Crippen LogP) is 4.12. The third-order valence-corrected chi connectivity index (χ3v) is 3.69. The molecule has 112 valence electrons. The maximum absolute atomic E-state index is 14.0. The van der Waals surface area contributed by atoms with Crippen LogP contribution in [0.1, 0.15) is 41.8 Å². The third-order valence-electron chi connectivity index (χ3n) is 3.69. The van der Waals surface area contributed by atoms with Gasteiger partial charge in [0.05, 0.1) is 11.7 Å². The minimum Gasteiger partial charge on any atom is -0.308 e. The van der Waals surface area contributed by atoms with Crippen molar-refractivity contribution >= 4 is 0 Å². The van der Waals surface area contributed by atoms with Crippen molar-refractivity contribution < 1.29 is 4.39 Å². The summed E-state index contributed by atoms with van der Waals surface area (Å²) in [5.41, 5.74) is 4.21. The zero-order chi connectivity index (χ0) is 15.2. The number of nitrogens with zero attached hydrogens (tertiary/aromatic N) is 1. The van der Waals surface area contributed by atoms with Crippen LogP contribution in [-0.2, 0) is 6.42 Å². The number of benzene rings is 1. The Hall–Kier alpha value is -1.74. The van der Waals surface area contributed by atoms with E-state index < -0.39 is 0 Å². The largest absolute Gasteiger partial charge is 0.308 e. The highest BCUT2D eigenvalue weighted by Crippen LogP contribution is 2.22. The normalized spacial score (nSPS) is 12.4. The van der Waals surface area contributed by atoms with Crippen LogP contribution in [0, 0.1) is 19.7 Å². The zero-order valence-corrected chi connectivity index (χ0v) is 13.0. The van der Waals surface area contributed by atoms with Crippen LogP contribution >= 0.6 is 0 Å². The molecular weight excluding hydrogens is 263 g/mol. The highest BCUT2D eigenvalue weighted by atomic mass is 19.1. The lowest BCUT2D eigenvalue weighted by atomic mass is 9.97. The van der Waals surface area contributed by atoms with E-state index in [1.807, 2.05) is 0 Å². The van der Waals surface area contributed by atoms with Crippen LogP contribution in [0.3, 0.4) is 0 Å². The lowest BCUT2D eigenvalue weighted by molar-refractivity contribution is 0.482. The third kappa shape index (κ3) is 4.11. The lowest BCUT2D eigenvalue weighted by Gasteiger charge is -2.20. The molecule has 1 heterocycles. The lowest BCUT2D eigenvalue weighted by Crippen LogP contribution is -2.26. The first kappa shape index (κ1) is 15.6. The van der Waals surface area contributed by atoms with Crippen molar-refractivity contribution in [3.8, 4) is 0 Å². The molecule has 21 heavy (non-hydrogen) atoms. The number of rotatable bonds is 6. The van der Waals surface area contributed by atoms with Gasteiger partial charge in [-0.2, -0.15) is 0 Å². The molecule has 0 saturated heterocycles. The average Bonchev–Trinajstić information content (AvgIpc) is 2.48. The molecule has 1 aromatic heterocycles. The van der Waals surface area contributed by atoms with Crippen LogP contribution in [0.5, 0.6) is 0 Å². The maximum atomic E-state index is 14.0. The Bertz CT molecular complexity index is 596. The first-order valence-electron chi connectivity index (χ1n) is 7.51. The predicted molar refractivity (Wildman–Crippen MR) is 84.8 cm³/mol. The summed E-state index contributed by atoms with van der Waals surface area (Å²) in [5, 5.41) is 3.42. The van der Waals surface area contributed by atoms with Crippen LogP contribution in [-0.4, -0.2) is 11.5 Å². The van der Waals surface area contributed by atoms with Gasteiger partial charge in [0, 0.05) is 6.20 Å². The summed E-state index contributed by atoms with van der Waals surface area (Å²) in [4.78, 5) is 4.24. The van der Waals surface area contributed by atoms with Gasteiger partial charge in [-0.15, -0.1) is 0 Å². The molecule has 2 rings (SSSR count). The second-order valence-corrected chi connectivity index (χ2v) is 5.51. The Kier molecular flexibility index (Phi) is 5.45. The van der Waals surface area contributed by atoms with Crippen LogP contribution in [0.15, 0.2) is 36.5 Å². The second-order valence-electron chi connectivity index (χ2n) is 5.51. The van der Waals surface area contributed by atoms with E-state index in [1.165, 1.54) is 22.8 Å². The van der Waals surface area contributed by atoms with Crippen LogP contribution in [0.25, 0.3) is 0 Å². The molecule has 2 nitrogen and oxygen atoms in total. The van der Waals surface area contributed by atoms with Gasteiger partial charge in [0.2, 0.25) is 0 Å². The number of halogens is 1. The molecule has 0 aliphatic rings. The Balaban J connectivity index is 2.28. The monoisotopic (exact) mass is 286 g/mol. The molecule has 0 aliphatic carbocycles. The fraction of sp³-hybridized carbons (Fsp3) is 0.389. The van der Waals surface area contributed by atoms with Crippen molar-refractivity contribution in [1.29, 1.82) is 0 Å². The minimum atomic E-state index is -0.239. The average molecular weight is 286 g/mol. The van der Waals surface area contributed by atoms with Gasteiger partial charge in [-0.1, -0.05) is 30.7 Å². The number of hydrogen-bond donors (Lipinski definition) is 1. The number of hydrogen-bond acceptors (Lipinski definition) is 2. The highest BCUT2D eigenvalue weighted by molar-refractivity contribution is 5.32. The van der Waals surface area contributed by atoms with Crippen LogP contribution in [0.2, 0.25) is 0 Å². The van der Waals surface area contributed by atoms with Gasteiger partial charge in [-0.25, -0.2) is 4.39 Å². The number of nitrogens with one attached hydrogen (secondary N) is 1. The van der Waals surface area contributed by atoms with Crippen molar-refractivity contribution in [3.05, 3.63) is 64.7 Å². The van der Waals surface area contributed by atoms with E-state index in [-0.39, 0.29) is 11.9 Å². The molecule has 0 bridgehead atoms. The molecule has 0 aliphatic heterocycles. The smallest absolute Gasteiger partial charge is 0.146 e. The van der Waals surface area contributed by atoms with E-state index in [1.54, 1.807) is 12.3 Å². The van der Waals surface area contributed by atoms with E-state index in [0.717, 1.165) is 19.4 Å². The van der Waals surface area contributed by atoms with Crippen molar-refractivity contribution in [2.24, 2.45) is 0 Å². The molecule has 3 heteroatoms. The molecular formula is C18H23FN2. The van der Waals surface area contributed by atoms with Crippen LogP contribution in [0.4, 0.5) is 4.39 Å². The summed E-state index contributed by atoms with van der Waals surface area (Å²) in [6, 6.07) is 9.42. The summed E-state index contributed by atoms with van der Waals surface area (Å²) in [5.74, 6) is -0.239. The highest BCUT2D eigenvalue weighted by Gasteiger charge is 2.17. The second kappa shape index (κ2) is 7.32. The number of aromatic nitrogens is 1. The molecule has 2 aromatic rings. The number of pyridine rings is 1. The molecule has 1 unspecified atom stereocenters. The van der Waals surface area contributed by atoms with Gasteiger partial charge in [-0.3, -0.25) is 4.98 Å². The standard InChI is InChI=1S/C18H23FN2/c1-4-9-20-17(18-16(19)6-5-10-21-18)12-15-11-13(2)7-8-14(15)3/h5-8,10-11,17,20H,4,9,12H2,1-3H3. The van der Waals surface area contributed by atoms with Gasteiger partial charge >= 0.3 is 0 Å². The maximum Gasteiger partial charge on any atom is 0.146 e. The first-order chi connectivity index (χ1) is 10.1. The molecule has 0 saturated carbocycles. The van der Waals surface area contributed by atoms with Crippen molar-refractivity contribution in [3.63, 3.8) is 0 Å². The Morgan fingerprint density at radius 2 is 2.05 bits per heavy atom. The first-order valence-corrected chi connectivity index (χ1v) is 7.51. The molecule has 1 atom stereocenters. The van der Waals surface area contributed by atoms with Gasteiger partial charge in [0.1, 0.15) is 5.82 Å². The molecule has 1 aromatic carbocycles. The van der Waals surface area contributed by atoms with Gasteiger partial charge in [-0.05, 0) is 56.5 Å². The van der Waals surface area contributed by atoms with E-state index in [0.29, 0.717) is 5.69 Å². The van der Waals surface area contributed by atoms with Crippen molar-refractivity contribution in [1.82, 2.24) is 10.3 Å². The van der Waals surface area contributed by atoms with Crippen LogP contribution < -0.4 is 5.32 Å². The molecule has 0 spiro atoms. The van der Waals surface area contributed by atoms with Crippen molar-refractivity contribution in [2.45, 2.75) is 39.7 Å². The molecule has 0 fully saturated rings. The molecule has 1 N–H and O–H groups in total. The zero-order valence-electron chi connectivity index (χ0n) is 13.0. The number of aryl methyl sites for hydroxylation is 2. The van der Waals surface area contributed by atoms with Gasteiger partial charge < -0.3 is 5.32 Å². The summed E-state index contributed by atoms with van der Waals surface area (Å²) >= 11 is 0. The summed E-state index contributed by atoms with van der Waals surface area (Å²) in [6.07, 6.45) is 3.42. The van der Waals surface area contributed by atoms with Gasteiger partial charge in [0.15, 0.2) is 0 Å². The summed E-state index contributed by atoms with van der Waals surface area (Å²) in [7, 11) is 0.